The van der Waals surface area contributed by atoms with E-state index in [0.717, 1.165) is 90.9 Å². The minimum absolute atomic E-state index is 0.0757. The fourth-order valence-corrected chi connectivity index (χ4v) is 7.49. The lowest BCUT2D eigenvalue weighted by Crippen LogP contribution is -2.54. The van der Waals surface area contributed by atoms with Gasteiger partial charge >= 0.3 is 0 Å². The second-order valence-electron chi connectivity index (χ2n) is 14.5. The van der Waals surface area contributed by atoms with Gasteiger partial charge < -0.3 is 19.9 Å². The number of piperidine rings is 1. The number of hydrogen-bond acceptors (Lipinski definition) is 12. The van der Waals surface area contributed by atoms with Crippen molar-refractivity contribution in [2.24, 2.45) is 0 Å². The molecule has 288 valence electrons. The van der Waals surface area contributed by atoms with E-state index >= 15 is 0 Å². The van der Waals surface area contributed by atoms with E-state index in [4.69, 9.17) is 14.8 Å². The van der Waals surface area contributed by atoms with Gasteiger partial charge in [0, 0.05) is 57.9 Å². The topological polar surface area (TPSA) is 158 Å². The van der Waals surface area contributed by atoms with Crippen molar-refractivity contribution in [3.05, 3.63) is 90.3 Å². The number of pyridine rings is 1. The van der Waals surface area contributed by atoms with Crippen LogP contribution in [-0.2, 0) is 9.59 Å². The lowest BCUT2D eigenvalue weighted by Gasteiger charge is -2.35. The van der Waals surface area contributed by atoms with Gasteiger partial charge in [-0.15, -0.1) is 5.10 Å². The molecule has 15 heteroatoms. The average molecular weight is 757 g/mol. The Morgan fingerprint density at radius 3 is 2.43 bits per heavy atom. The SMILES string of the molecule is CN(C)c1ccc(-c2ccc3cnc(Nc4ccc(N5CCN(CCCCCOc6cccc7c6C(=O)N(C6CCC(=O)NC6=O)C7=O)CC5)nc4)nn23)cc1. The van der Waals surface area contributed by atoms with Crippen molar-refractivity contribution >= 4 is 52.3 Å². The molecule has 8 rings (SSSR count). The van der Waals surface area contributed by atoms with E-state index in [0.29, 0.717) is 18.3 Å². The van der Waals surface area contributed by atoms with Crippen molar-refractivity contribution in [1.82, 2.24) is 34.7 Å². The van der Waals surface area contributed by atoms with Gasteiger partial charge in [-0.1, -0.05) is 18.2 Å². The number of benzene rings is 2. The van der Waals surface area contributed by atoms with Gasteiger partial charge in [-0.2, -0.15) is 0 Å². The number of piperazine rings is 1. The first kappa shape index (κ1) is 36.6. The van der Waals surface area contributed by atoms with Gasteiger partial charge in [-0.25, -0.2) is 14.5 Å². The predicted molar refractivity (Wildman–Crippen MR) is 211 cm³/mol. The highest BCUT2D eigenvalue weighted by atomic mass is 16.5. The van der Waals surface area contributed by atoms with Crippen LogP contribution < -0.4 is 25.2 Å². The molecule has 3 aliphatic rings. The summed E-state index contributed by atoms with van der Waals surface area (Å²) in [5.74, 6) is -0.369. The third-order valence-electron chi connectivity index (χ3n) is 10.6. The number of nitrogens with one attached hydrogen (secondary N) is 2. The van der Waals surface area contributed by atoms with Crippen LogP contribution in [0, 0.1) is 0 Å². The van der Waals surface area contributed by atoms with E-state index in [2.05, 4.69) is 60.6 Å². The fourth-order valence-electron chi connectivity index (χ4n) is 7.49. The summed E-state index contributed by atoms with van der Waals surface area (Å²) in [6.45, 7) is 5.04. The maximum absolute atomic E-state index is 13.3. The molecule has 0 spiro atoms. The number of aromatic nitrogens is 4. The number of hydrogen-bond donors (Lipinski definition) is 2. The summed E-state index contributed by atoms with van der Waals surface area (Å²) in [5.41, 5.74) is 5.33. The molecule has 0 saturated carbocycles. The molecule has 2 N–H and O–H groups in total. The number of anilines is 4. The molecule has 1 unspecified atom stereocenters. The fraction of sp³-hybridized carbons (Fsp3) is 0.341. The largest absolute Gasteiger partial charge is 0.493 e. The molecule has 2 saturated heterocycles. The zero-order valence-corrected chi connectivity index (χ0v) is 31.5. The van der Waals surface area contributed by atoms with E-state index in [9.17, 15) is 19.2 Å². The summed E-state index contributed by atoms with van der Waals surface area (Å²) in [6, 6.07) is 20.4. The van der Waals surface area contributed by atoms with Crippen LogP contribution in [-0.4, -0.2) is 112 Å². The van der Waals surface area contributed by atoms with Gasteiger partial charge in [-0.05, 0) is 80.8 Å². The number of carbonyl (C=O) groups excluding carboxylic acids is 4. The summed E-state index contributed by atoms with van der Waals surface area (Å²) < 4.78 is 7.89. The highest BCUT2D eigenvalue weighted by molar-refractivity contribution is 6.24. The van der Waals surface area contributed by atoms with Crippen molar-refractivity contribution < 1.29 is 23.9 Å². The third-order valence-corrected chi connectivity index (χ3v) is 10.6. The molecule has 0 radical (unpaired) electrons. The molecule has 1 atom stereocenters. The van der Waals surface area contributed by atoms with Crippen LogP contribution in [0.5, 0.6) is 5.75 Å². The van der Waals surface area contributed by atoms with Crippen molar-refractivity contribution in [1.29, 1.82) is 0 Å². The predicted octanol–water partition coefficient (Wildman–Crippen LogP) is 4.37. The van der Waals surface area contributed by atoms with E-state index in [-0.39, 0.29) is 24.0 Å². The molecular formula is C41H44N10O5. The number of amides is 4. The Labute approximate surface area is 324 Å². The van der Waals surface area contributed by atoms with E-state index < -0.39 is 29.7 Å². The summed E-state index contributed by atoms with van der Waals surface area (Å²) in [6.07, 6.45) is 6.58. The maximum Gasteiger partial charge on any atom is 0.266 e. The Morgan fingerprint density at radius 2 is 1.68 bits per heavy atom. The van der Waals surface area contributed by atoms with Crippen LogP contribution >= 0.6 is 0 Å². The van der Waals surface area contributed by atoms with Crippen molar-refractivity contribution in [2.45, 2.75) is 38.1 Å². The molecule has 3 aliphatic heterocycles. The zero-order chi connectivity index (χ0) is 38.8. The van der Waals surface area contributed by atoms with E-state index in [1.807, 2.05) is 49.2 Å². The first-order chi connectivity index (χ1) is 27.2. The first-order valence-electron chi connectivity index (χ1n) is 19.0. The maximum atomic E-state index is 13.3. The van der Waals surface area contributed by atoms with Crippen LogP contribution in [0.25, 0.3) is 16.8 Å². The summed E-state index contributed by atoms with van der Waals surface area (Å²) >= 11 is 0. The Balaban J connectivity index is 0.770. The number of rotatable bonds is 13. The summed E-state index contributed by atoms with van der Waals surface area (Å²) in [7, 11) is 4.05. The molecule has 56 heavy (non-hydrogen) atoms. The lowest BCUT2D eigenvalue weighted by atomic mass is 10.0. The quantitative estimate of drug-likeness (QED) is 0.129. The minimum atomic E-state index is -1.01. The second-order valence-corrected chi connectivity index (χ2v) is 14.5. The number of imide groups is 2. The molecule has 6 heterocycles. The Bertz CT molecular complexity index is 2270. The van der Waals surface area contributed by atoms with Crippen LogP contribution in [0.15, 0.2) is 79.1 Å². The molecule has 15 nitrogen and oxygen atoms in total. The van der Waals surface area contributed by atoms with Crippen molar-refractivity contribution in [3.63, 3.8) is 0 Å². The molecule has 2 aromatic carbocycles. The van der Waals surface area contributed by atoms with Gasteiger partial charge in [-0.3, -0.25) is 34.3 Å². The Hall–Kier alpha value is -6.35. The smallest absolute Gasteiger partial charge is 0.266 e. The zero-order valence-electron chi connectivity index (χ0n) is 31.5. The second kappa shape index (κ2) is 15.8. The highest BCUT2D eigenvalue weighted by Crippen LogP contribution is 2.34. The molecule has 4 amide bonds. The van der Waals surface area contributed by atoms with Crippen molar-refractivity contribution in [2.75, 3.05) is 68.5 Å². The average Bonchev–Trinajstić information content (AvgIpc) is 3.74. The van der Waals surface area contributed by atoms with Gasteiger partial charge in [0.15, 0.2) is 0 Å². The van der Waals surface area contributed by atoms with E-state index in [1.165, 1.54) is 0 Å². The Kier molecular flexibility index (Phi) is 10.3. The number of unbranched alkanes of at least 4 members (excludes halogenated alkanes) is 2. The van der Waals surface area contributed by atoms with Crippen LogP contribution in [0.2, 0.25) is 0 Å². The number of fused-ring (bicyclic) bond motifs is 2. The normalized spacial score (nSPS) is 17.4. The monoisotopic (exact) mass is 756 g/mol. The van der Waals surface area contributed by atoms with Gasteiger partial charge in [0.25, 0.3) is 11.8 Å². The molecule has 2 fully saturated rings. The van der Waals surface area contributed by atoms with E-state index in [1.54, 1.807) is 18.2 Å². The number of nitrogens with zero attached hydrogens (tertiary/aromatic N) is 8. The van der Waals surface area contributed by atoms with Crippen LogP contribution in [0.3, 0.4) is 0 Å². The first-order valence-corrected chi connectivity index (χ1v) is 19.0. The molecule has 0 aliphatic carbocycles. The standard InChI is InChI=1S/C41H44N10O5/c1-47(2)29-12-9-27(10-13-29)32-15-14-30-26-43-41(46-51(30)32)44-28-11-17-35(42-25-28)49-22-20-48(21-23-49)19-4-3-5-24-56-34-8-6-7-31-37(34)40(55)50(39(31)54)33-16-18-36(52)45-38(33)53/h6-15,17,25-26,33H,3-5,16,18-24H2,1-2H3,(H,44,46)(H,45,52,53). The summed E-state index contributed by atoms with van der Waals surface area (Å²) in [4.78, 5) is 67.4. The molecule has 0 bridgehead atoms. The van der Waals surface area contributed by atoms with Crippen molar-refractivity contribution in [3.8, 4) is 17.0 Å². The Morgan fingerprint density at radius 1 is 0.857 bits per heavy atom. The lowest BCUT2D eigenvalue weighted by molar-refractivity contribution is -0.136. The van der Waals surface area contributed by atoms with Gasteiger partial charge in [0.2, 0.25) is 17.8 Å². The number of ether oxygens (including phenoxy) is 1. The van der Waals surface area contributed by atoms with Gasteiger partial charge in [0.05, 0.1) is 47.0 Å². The third kappa shape index (κ3) is 7.49. The minimum Gasteiger partial charge on any atom is -0.493 e. The molecule has 3 aromatic heterocycles. The van der Waals surface area contributed by atoms with Crippen LogP contribution in [0.1, 0.15) is 52.8 Å². The molecular weight excluding hydrogens is 713 g/mol. The highest BCUT2D eigenvalue weighted by Gasteiger charge is 2.46. The van der Waals surface area contributed by atoms with Gasteiger partial charge in [0.1, 0.15) is 17.6 Å². The number of carbonyl (C=O) groups is 4. The van der Waals surface area contributed by atoms with Crippen LogP contribution in [0.4, 0.5) is 23.1 Å². The summed E-state index contributed by atoms with van der Waals surface area (Å²) in [5, 5.41) is 10.3. The molecule has 5 aromatic rings.